The topological polar surface area (TPSA) is 45.1 Å². The smallest absolute Gasteiger partial charge is 0.0696 e. The van der Waals surface area contributed by atoms with E-state index in [0.717, 1.165) is 17.8 Å². The summed E-state index contributed by atoms with van der Waals surface area (Å²) in [5.74, 6) is 0. The van der Waals surface area contributed by atoms with Gasteiger partial charge in [-0.2, -0.15) is 0 Å². The van der Waals surface area contributed by atoms with Gasteiger partial charge in [0.15, 0.2) is 0 Å². The number of nitrogens with one attached hydrogen (secondary N) is 1. The van der Waals surface area contributed by atoms with Gasteiger partial charge in [-0.1, -0.05) is 12.5 Å². The van der Waals surface area contributed by atoms with Crippen LogP contribution in [0.4, 0.5) is 0 Å². The Balaban J connectivity index is 2.07. The highest BCUT2D eigenvalue weighted by Crippen LogP contribution is 2.20. The first-order valence-corrected chi connectivity index (χ1v) is 5.19. The molecule has 1 fully saturated rings. The van der Waals surface area contributed by atoms with Gasteiger partial charge in [-0.25, -0.2) is 0 Å². The zero-order chi connectivity index (χ0) is 9.80. The van der Waals surface area contributed by atoms with Crippen molar-refractivity contribution in [3.63, 3.8) is 0 Å². The van der Waals surface area contributed by atoms with E-state index in [0.29, 0.717) is 6.04 Å². The summed E-state index contributed by atoms with van der Waals surface area (Å²) in [6.07, 6.45) is 5.48. The first-order valence-electron chi connectivity index (χ1n) is 5.19. The molecule has 2 heterocycles. The molecule has 0 bridgehead atoms. The molecular weight excluding hydrogens is 176 g/mol. The molecule has 2 rings (SSSR count). The molecule has 1 aromatic heterocycles. The van der Waals surface area contributed by atoms with E-state index in [1.54, 1.807) is 6.20 Å². The van der Waals surface area contributed by atoms with Gasteiger partial charge in [-0.3, -0.25) is 4.98 Å². The summed E-state index contributed by atoms with van der Waals surface area (Å²) in [4.78, 5) is 4.35. The summed E-state index contributed by atoms with van der Waals surface area (Å²) in [5, 5.41) is 12.3. The van der Waals surface area contributed by atoms with Crippen LogP contribution in [0.25, 0.3) is 0 Å². The van der Waals surface area contributed by atoms with Crippen molar-refractivity contribution in [2.75, 3.05) is 6.54 Å². The fourth-order valence-corrected chi connectivity index (χ4v) is 1.84. The predicted octanol–water partition coefficient (Wildman–Crippen LogP) is 1.39. The Hall–Kier alpha value is -0.930. The second-order valence-electron chi connectivity index (χ2n) is 3.75. The van der Waals surface area contributed by atoms with Gasteiger partial charge in [0.1, 0.15) is 0 Å². The molecule has 3 nitrogen and oxygen atoms in total. The zero-order valence-corrected chi connectivity index (χ0v) is 8.24. The predicted molar refractivity (Wildman–Crippen MR) is 54.8 cm³/mol. The van der Waals surface area contributed by atoms with Crippen LogP contribution in [0.15, 0.2) is 18.3 Å². The minimum atomic E-state index is 0.0748. The van der Waals surface area contributed by atoms with Crippen molar-refractivity contribution in [2.45, 2.75) is 31.9 Å². The van der Waals surface area contributed by atoms with Crippen molar-refractivity contribution in [3.05, 3.63) is 29.6 Å². The van der Waals surface area contributed by atoms with E-state index in [-0.39, 0.29) is 6.61 Å². The molecule has 1 aliphatic heterocycles. The van der Waals surface area contributed by atoms with Gasteiger partial charge in [0.25, 0.3) is 0 Å². The highest BCUT2D eigenvalue weighted by molar-refractivity contribution is 5.16. The molecule has 0 saturated carbocycles. The first kappa shape index (κ1) is 9.62. The standard InChI is InChI=1S/C11H16N2O/c14-8-9-4-5-11(13-7-9)10-3-1-2-6-12-10/h4-5,7,10,12,14H,1-3,6,8H2. The van der Waals surface area contributed by atoms with E-state index in [9.17, 15) is 0 Å². The highest BCUT2D eigenvalue weighted by atomic mass is 16.3. The molecule has 0 aliphatic carbocycles. The Labute approximate surface area is 84.2 Å². The third-order valence-electron chi connectivity index (χ3n) is 2.70. The lowest BCUT2D eigenvalue weighted by Gasteiger charge is -2.22. The van der Waals surface area contributed by atoms with Crippen LogP contribution in [-0.4, -0.2) is 16.6 Å². The second kappa shape index (κ2) is 4.53. The average Bonchev–Trinajstić information content (AvgIpc) is 2.30. The molecule has 14 heavy (non-hydrogen) atoms. The number of aliphatic hydroxyl groups is 1. The molecule has 1 unspecified atom stereocenters. The number of nitrogens with zero attached hydrogens (tertiary/aromatic N) is 1. The minimum Gasteiger partial charge on any atom is -0.392 e. The van der Waals surface area contributed by atoms with E-state index in [1.165, 1.54) is 19.3 Å². The zero-order valence-electron chi connectivity index (χ0n) is 8.24. The van der Waals surface area contributed by atoms with Crippen LogP contribution in [-0.2, 0) is 6.61 Å². The summed E-state index contributed by atoms with van der Waals surface area (Å²) < 4.78 is 0. The van der Waals surface area contributed by atoms with E-state index in [2.05, 4.69) is 10.3 Å². The van der Waals surface area contributed by atoms with Gasteiger partial charge >= 0.3 is 0 Å². The van der Waals surface area contributed by atoms with Crippen LogP contribution < -0.4 is 5.32 Å². The normalized spacial score (nSPS) is 22.2. The van der Waals surface area contributed by atoms with Crippen LogP contribution in [0.5, 0.6) is 0 Å². The largest absolute Gasteiger partial charge is 0.392 e. The summed E-state index contributed by atoms with van der Waals surface area (Å²) in [7, 11) is 0. The fourth-order valence-electron chi connectivity index (χ4n) is 1.84. The van der Waals surface area contributed by atoms with Gasteiger partial charge in [0.2, 0.25) is 0 Å². The second-order valence-corrected chi connectivity index (χ2v) is 3.75. The molecule has 0 aromatic carbocycles. The molecule has 1 atom stereocenters. The van der Waals surface area contributed by atoms with Crippen molar-refractivity contribution < 1.29 is 5.11 Å². The Morgan fingerprint density at radius 1 is 1.43 bits per heavy atom. The van der Waals surface area contributed by atoms with Crippen molar-refractivity contribution in [1.82, 2.24) is 10.3 Å². The highest BCUT2D eigenvalue weighted by Gasteiger charge is 2.15. The number of aliphatic hydroxyl groups excluding tert-OH is 1. The number of pyridine rings is 1. The first-order chi connectivity index (χ1) is 6.90. The fraction of sp³-hybridized carbons (Fsp3) is 0.545. The summed E-state index contributed by atoms with van der Waals surface area (Å²) >= 11 is 0. The van der Waals surface area contributed by atoms with Gasteiger partial charge < -0.3 is 10.4 Å². The molecule has 1 aromatic rings. The van der Waals surface area contributed by atoms with Crippen molar-refractivity contribution in [1.29, 1.82) is 0 Å². The van der Waals surface area contributed by atoms with Crippen molar-refractivity contribution in [2.24, 2.45) is 0 Å². The third kappa shape index (κ3) is 2.11. The van der Waals surface area contributed by atoms with Crippen molar-refractivity contribution in [3.8, 4) is 0 Å². The van der Waals surface area contributed by atoms with E-state index >= 15 is 0 Å². The molecule has 1 saturated heterocycles. The Kier molecular flexibility index (Phi) is 3.11. The van der Waals surface area contributed by atoms with Crippen LogP contribution in [0.2, 0.25) is 0 Å². The molecule has 1 aliphatic rings. The lowest BCUT2D eigenvalue weighted by Crippen LogP contribution is -2.27. The molecule has 0 radical (unpaired) electrons. The average molecular weight is 192 g/mol. The quantitative estimate of drug-likeness (QED) is 0.744. The number of aromatic nitrogens is 1. The Morgan fingerprint density at radius 2 is 2.36 bits per heavy atom. The SMILES string of the molecule is OCc1ccc(C2CCCCN2)nc1. The summed E-state index contributed by atoms with van der Waals surface area (Å²) in [6, 6.07) is 4.36. The van der Waals surface area contributed by atoms with Crippen LogP contribution in [0.1, 0.15) is 36.6 Å². The molecule has 2 N–H and O–H groups in total. The van der Waals surface area contributed by atoms with Gasteiger partial charge in [-0.15, -0.1) is 0 Å². The summed E-state index contributed by atoms with van der Waals surface area (Å²) in [5.41, 5.74) is 1.98. The van der Waals surface area contributed by atoms with Crippen molar-refractivity contribution >= 4 is 0 Å². The van der Waals surface area contributed by atoms with Crippen LogP contribution in [0.3, 0.4) is 0 Å². The lowest BCUT2D eigenvalue weighted by atomic mass is 10.0. The van der Waals surface area contributed by atoms with Gasteiger partial charge in [-0.05, 0) is 31.0 Å². The van der Waals surface area contributed by atoms with E-state index in [4.69, 9.17) is 5.11 Å². The molecule has 3 heteroatoms. The van der Waals surface area contributed by atoms with Gasteiger partial charge in [0, 0.05) is 12.2 Å². The molecule has 76 valence electrons. The van der Waals surface area contributed by atoms with Crippen LogP contribution >= 0.6 is 0 Å². The molecule has 0 amide bonds. The maximum absolute atomic E-state index is 8.88. The third-order valence-corrected chi connectivity index (χ3v) is 2.70. The van der Waals surface area contributed by atoms with Gasteiger partial charge in [0.05, 0.1) is 12.3 Å². The lowest BCUT2D eigenvalue weighted by molar-refractivity contribution is 0.281. The minimum absolute atomic E-state index is 0.0748. The van der Waals surface area contributed by atoms with E-state index in [1.807, 2.05) is 12.1 Å². The number of hydrogen-bond donors (Lipinski definition) is 2. The molecule has 0 spiro atoms. The number of piperidine rings is 1. The Bertz CT molecular complexity index is 278. The monoisotopic (exact) mass is 192 g/mol. The summed E-state index contributed by atoms with van der Waals surface area (Å²) in [6.45, 7) is 1.17. The molecular formula is C11H16N2O. The van der Waals surface area contributed by atoms with Crippen LogP contribution in [0, 0.1) is 0 Å². The number of rotatable bonds is 2. The van der Waals surface area contributed by atoms with E-state index < -0.39 is 0 Å². The maximum Gasteiger partial charge on any atom is 0.0696 e. The number of hydrogen-bond acceptors (Lipinski definition) is 3. The Morgan fingerprint density at radius 3 is 2.93 bits per heavy atom. The maximum atomic E-state index is 8.88.